The molecule has 1 fully saturated rings. The standard InChI is InChI=1S/C29H21ClFNO5/c1-2-37-24-14-18(9-12-23(24)33)26-25(27(34)19-8-7-16-5-3-4-6-17(16)13-19)28(35)29(36)32(26)20-10-11-22(31)21(30)15-20/h3-15,26,33-34H,2H2,1H3/b27-25+. The third-order valence-electron chi connectivity index (χ3n) is 6.25. The number of Topliss-reactive ketones (excluding diaryl/α,β-unsaturated/α-hetero) is 1. The van der Waals surface area contributed by atoms with Gasteiger partial charge in [0.25, 0.3) is 11.7 Å². The molecule has 5 rings (SSSR count). The minimum Gasteiger partial charge on any atom is -0.507 e. The van der Waals surface area contributed by atoms with Crippen molar-refractivity contribution in [2.75, 3.05) is 11.5 Å². The van der Waals surface area contributed by atoms with Gasteiger partial charge in [-0.3, -0.25) is 14.5 Å². The van der Waals surface area contributed by atoms with Crippen molar-refractivity contribution in [2.24, 2.45) is 0 Å². The molecule has 0 radical (unpaired) electrons. The van der Waals surface area contributed by atoms with E-state index in [0.29, 0.717) is 11.1 Å². The van der Waals surface area contributed by atoms with Crippen LogP contribution in [-0.2, 0) is 9.59 Å². The van der Waals surface area contributed by atoms with E-state index in [0.717, 1.165) is 21.7 Å². The van der Waals surface area contributed by atoms with Crippen molar-refractivity contribution in [3.05, 3.63) is 106 Å². The number of hydrogen-bond acceptors (Lipinski definition) is 5. The number of carbonyl (C=O) groups excluding carboxylic acids is 2. The summed E-state index contributed by atoms with van der Waals surface area (Å²) in [5.74, 6) is -2.85. The van der Waals surface area contributed by atoms with Gasteiger partial charge in [0.2, 0.25) is 0 Å². The minimum atomic E-state index is -1.10. The first kappa shape index (κ1) is 24.3. The quantitative estimate of drug-likeness (QED) is 0.183. The van der Waals surface area contributed by atoms with Gasteiger partial charge < -0.3 is 14.9 Å². The highest BCUT2D eigenvalue weighted by molar-refractivity contribution is 6.51. The van der Waals surface area contributed by atoms with E-state index >= 15 is 0 Å². The summed E-state index contributed by atoms with van der Waals surface area (Å²) < 4.78 is 19.4. The molecule has 0 aliphatic carbocycles. The van der Waals surface area contributed by atoms with Gasteiger partial charge in [0, 0.05) is 11.3 Å². The zero-order valence-electron chi connectivity index (χ0n) is 19.6. The van der Waals surface area contributed by atoms with Crippen LogP contribution in [0.4, 0.5) is 10.1 Å². The van der Waals surface area contributed by atoms with Gasteiger partial charge in [-0.2, -0.15) is 0 Å². The third kappa shape index (κ3) is 4.27. The van der Waals surface area contributed by atoms with Crippen LogP contribution in [0.1, 0.15) is 24.1 Å². The zero-order valence-corrected chi connectivity index (χ0v) is 20.4. The van der Waals surface area contributed by atoms with E-state index in [1.165, 1.54) is 30.3 Å². The Hall–Kier alpha value is -4.36. The van der Waals surface area contributed by atoms with E-state index in [-0.39, 0.29) is 40.1 Å². The number of anilines is 1. The maximum atomic E-state index is 13.9. The number of ether oxygens (including phenoxy) is 1. The topological polar surface area (TPSA) is 87.1 Å². The molecular formula is C29H21ClFNO5. The second-order valence-corrected chi connectivity index (χ2v) is 8.90. The Morgan fingerprint density at radius 3 is 2.49 bits per heavy atom. The van der Waals surface area contributed by atoms with E-state index in [9.17, 15) is 24.2 Å². The SMILES string of the molecule is CCOc1cc(C2/C(=C(\O)c3ccc4ccccc4c3)C(=O)C(=O)N2c2ccc(F)c(Cl)c2)ccc1O. The molecular weight excluding hydrogens is 497 g/mol. The fourth-order valence-electron chi connectivity index (χ4n) is 4.51. The monoisotopic (exact) mass is 517 g/mol. The number of phenols is 1. The number of phenolic OH excluding ortho intramolecular Hbond substituents is 1. The number of nitrogens with zero attached hydrogens (tertiary/aromatic N) is 1. The normalized spacial score (nSPS) is 16.9. The van der Waals surface area contributed by atoms with Crippen LogP contribution in [0.3, 0.4) is 0 Å². The molecule has 37 heavy (non-hydrogen) atoms. The molecule has 1 saturated heterocycles. The Morgan fingerprint density at radius 1 is 1.00 bits per heavy atom. The maximum absolute atomic E-state index is 13.9. The molecule has 0 spiro atoms. The highest BCUT2D eigenvalue weighted by Gasteiger charge is 2.47. The summed E-state index contributed by atoms with van der Waals surface area (Å²) in [6.45, 7) is 2.01. The Labute approximate surface area is 216 Å². The highest BCUT2D eigenvalue weighted by Crippen LogP contribution is 2.44. The largest absolute Gasteiger partial charge is 0.507 e. The summed E-state index contributed by atoms with van der Waals surface area (Å²) in [4.78, 5) is 27.9. The van der Waals surface area contributed by atoms with E-state index in [1.807, 2.05) is 30.3 Å². The number of rotatable bonds is 5. The lowest BCUT2D eigenvalue weighted by Gasteiger charge is -2.26. The van der Waals surface area contributed by atoms with Crippen molar-refractivity contribution in [2.45, 2.75) is 13.0 Å². The van der Waals surface area contributed by atoms with Crippen molar-refractivity contribution >= 4 is 45.5 Å². The first-order valence-corrected chi connectivity index (χ1v) is 11.9. The van der Waals surface area contributed by atoms with Crippen LogP contribution < -0.4 is 9.64 Å². The highest BCUT2D eigenvalue weighted by atomic mass is 35.5. The Morgan fingerprint density at radius 2 is 1.76 bits per heavy atom. The molecule has 1 atom stereocenters. The number of aromatic hydroxyl groups is 1. The van der Waals surface area contributed by atoms with Gasteiger partial charge in [0.1, 0.15) is 11.6 Å². The summed E-state index contributed by atoms with van der Waals surface area (Å²) >= 11 is 6.00. The molecule has 0 bridgehead atoms. The average molecular weight is 518 g/mol. The van der Waals surface area contributed by atoms with Gasteiger partial charge in [-0.25, -0.2) is 4.39 Å². The first-order valence-electron chi connectivity index (χ1n) is 11.5. The van der Waals surface area contributed by atoms with E-state index in [1.54, 1.807) is 19.1 Å². The van der Waals surface area contributed by atoms with Gasteiger partial charge in [0.05, 0.1) is 23.2 Å². The molecule has 186 valence electrons. The lowest BCUT2D eigenvalue weighted by molar-refractivity contribution is -0.132. The van der Waals surface area contributed by atoms with Crippen molar-refractivity contribution in [3.8, 4) is 11.5 Å². The van der Waals surface area contributed by atoms with E-state index in [4.69, 9.17) is 16.3 Å². The minimum absolute atomic E-state index is 0.123. The summed E-state index contributed by atoms with van der Waals surface area (Å²) in [6.07, 6.45) is 0. The molecule has 4 aromatic carbocycles. The van der Waals surface area contributed by atoms with E-state index < -0.39 is 23.5 Å². The molecule has 2 N–H and O–H groups in total. The van der Waals surface area contributed by atoms with Gasteiger partial charge in [0.15, 0.2) is 11.5 Å². The molecule has 6 nitrogen and oxygen atoms in total. The average Bonchev–Trinajstić information content (AvgIpc) is 3.16. The van der Waals surface area contributed by atoms with Crippen LogP contribution in [0.15, 0.2) is 84.4 Å². The summed E-state index contributed by atoms with van der Waals surface area (Å²) in [5.41, 5.74) is 0.752. The number of ketones is 1. The molecule has 1 amide bonds. The Bertz CT molecular complexity index is 1600. The number of aliphatic hydroxyl groups excluding tert-OH is 1. The molecule has 1 aliphatic rings. The predicted molar refractivity (Wildman–Crippen MR) is 139 cm³/mol. The number of amides is 1. The van der Waals surface area contributed by atoms with Gasteiger partial charge in [-0.1, -0.05) is 54.1 Å². The summed E-state index contributed by atoms with van der Waals surface area (Å²) in [5, 5.41) is 23.2. The number of benzene rings is 4. The summed E-state index contributed by atoms with van der Waals surface area (Å²) in [7, 11) is 0. The van der Waals surface area contributed by atoms with E-state index in [2.05, 4.69) is 0 Å². The molecule has 1 aliphatic heterocycles. The van der Waals surface area contributed by atoms with Crippen LogP contribution >= 0.6 is 11.6 Å². The smallest absolute Gasteiger partial charge is 0.300 e. The predicted octanol–water partition coefficient (Wildman–Crippen LogP) is 6.36. The third-order valence-corrected chi connectivity index (χ3v) is 6.54. The van der Waals surface area contributed by atoms with Crippen molar-refractivity contribution in [3.63, 3.8) is 0 Å². The first-order chi connectivity index (χ1) is 17.8. The number of carbonyl (C=O) groups is 2. The molecule has 0 aromatic heterocycles. The van der Waals surface area contributed by atoms with Crippen LogP contribution in [0, 0.1) is 5.82 Å². The number of hydrogen-bond donors (Lipinski definition) is 2. The van der Waals surface area contributed by atoms with Crippen LogP contribution in [-0.4, -0.2) is 28.5 Å². The van der Waals surface area contributed by atoms with Crippen LogP contribution in [0.5, 0.6) is 11.5 Å². The molecule has 8 heteroatoms. The van der Waals surface area contributed by atoms with Crippen molar-refractivity contribution in [1.29, 1.82) is 0 Å². The Balaban J connectivity index is 1.75. The molecule has 1 unspecified atom stereocenters. The summed E-state index contributed by atoms with van der Waals surface area (Å²) in [6, 6.07) is 19.7. The second-order valence-electron chi connectivity index (χ2n) is 8.49. The number of fused-ring (bicyclic) bond motifs is 1. The van der Waals surface area contributed by atoms with Crippen molar-refractivity contribution in [1.82, 2.24) is 0 Å². The lowest BCUT2D eigenvalue weighted by atomic mass is 9.94. The van der Waals surface area contributed by atoms with Crippen LogP contribution in [0.25, 0.3) is 16.5 Å². The fraction of sp³-hybridized carbons (Fsp3) is 0.103. The number of aliphatic hydroxyl groups is 1. The molecule has 4 aromatic rings. The van der Waals surface area contributed by atoms with Crippen LogP contribution in [0.2, 0.25) is 5.02 Å². The Kier molecular flexibility index (Phi) is 6.31. The van der Waals surface area contributed by atoms with Gasteiger partial charge in [-0.05, 0) is 59.7 Å². The molecule has 1 heterocycles. The lowest BCUT2D eigenvalue weighted by Crippen LogP contribution is -2.29. The maximum Gasteiger partial charge on any atom is 0.300 e. The second kappa shape index (κ2) is 9.59. The number of halogens is 2. The molecule has 0 saturated carbocycles. The fourth-order valence-corrected chi connectivity index (χ4v) is 4.69. The zero-order chi connectivity index (χ0) is 26.3. The van der Waals surface area contributed by atoms with Gasteiger partial charge >= 0.3 is 0 Å². The van der Waals surface area contributed by atoms with Gasteiger partial charge in [-0.15, -0.1) is 0 Å². The van der Waals surface area contributed by atoms with Crippen molar-refractivity contribution < 1.29 is 28.9 Å².